The van der Waals surface area contributed by atoms with Gasteiger partial charge >= 0.3 is 17.1 Å². The summed E-state index contributed by atoms with van der Waals surface area (Å²) in [5.74, 6) is 1.05. The minimum atomic E-state index is -4.09. The van der Waals surface area contributed by atoms with Gasteiger partial charge in [-0.3, -0.25) is 9.44 Å². The van der Waals surface area contributed by atoms with E-state index in [1.807, 2.05) is 100 Å². The summed E-state index contributed by atoms with van der Waals surface area (Å²) in [4.78, 5) is 39.2. The number of nitrogens with zero attached hydrogens (tertiary/aromatic N) is 8. The van der Waals surface area contributed by atoms with Gasteiger partial charge in [0.05, 0.1) is 33.1 Å². The van der Waals surface area contributed by atoms with Crippen molar-refractivity contribution in [3.05, 3.63) is 145 Å². The van der Waals surface area contributed by atoms with E-state index >= 15 is 0 Å². The quantitative estimate of drug-likeness (QED) is 0.150. The van der Waals surface area contributed by atoms with E-state index in [0.717, 1.165) is 22.1 Å². The van der Waals surface area contributed by atoms with E-state index in [0.29, 0.717) is 67.2 Å². The Morgan fingerprint density at radius 2 is 0.769 bits per heavy atom. The number of rotatable bonds is 6. The summed E-state index contributed by atoms with van der Waals surface area (Å²) in [5, 5.41) is 2.31. The molecule has 5 heterocycles. The molecule has 6 aromatic carbocycles. The van der Waals surface area contributed by atoms with Crippen molar-refractivity contribution in [2.45, 2.75) is 37.5 Å². The van der Waals surface area contributed by atoms with Gasteiger partial charge in [-0.15, -0.1) is 0 Å². The summed E-state index contributed by atoms with van der Waals surface area (Å²) >= 11 is 0. The molecule has 0 unspecified atom stereocenters. The third-order valence-electron chi connectivity index (χ3n) is 10.7. The summed E-state index contributed by atoms with van der Waals surface area (Å²) in [6.45, 7) is 7.83. The van der Waals surface area contributed by atoms with Gasteiger partial charge in [-0.25, -0.2) is 26.8 Å². The topological polar surface area (TPSA) is 198 Å². The molecule has 17 heteroatoms. The van der Waals surface area contributed by atoms with Crippen molar-refractivity contribution in [1.82, 2.24) is 39.9 Å². The Bertz CT molecular complexity index is 3770. The molecule has 2 N–H and O–H groups in total. The van der Waals surface area contributed by atoms with Crippen molar-refractivity contribution >= 4 is 75.6 Å². The second-order valence-electron chi connectivity index (χ2n) is 14.9. The summed E-state index contributed by atoms with van der Waals surface area (Å²) in [6, 6.07) is 38.4. The standard InChI is InChI=1S/C46H30N10O4S2.C2H6.Cu/c1-25-11-15-27(16-12-25)55-61(57,58)29-19-21-35-37(23-29)45-52-43(35)50-41-33-9-5-3-7-31(33)39(48-41)47-40-32-8-4-6-10-34(32)42(49-40)51-44-36-22-20-30(24-38(36)46(53-44)54-45)62(59,60)56-28-17-13-26(2)14-18-28;1-2;/h3-24,55-56H,1-2H3;1-2H3;/q-2;;+2. The molecular formula is C48H36CuN10O4S2. The normalized spacial score (nSPS) is 11.8. The molecule has 0 amide bonds. The van der Waals surface area contributed by atoms with Crippen LogP contribution < -0.4 is 19.4 Å². The minimum Gasteiger partial charge on any atom is -0.357 e. The van der Waals surface area contributed by atoms with Gasteiger partial charge in [0.25, 0.3) is 20.0 Å². The molecule has 0 fully saturated rings. The van der Waals surface area contributed by atoms with E-state index in [2.05, 4.69) is 9.44 Å². The van der Waals surface area contributed by atoms with Gasteiger partial charge in [-0.05, 0) is 83.9 Å². The first-order chi connectivity index (χ1) is 31.0. The molecule has 0 saturated carbocycles. The SMILES string of the molecule is CC.Cc1ccc(NS(=O)(=O)c2ccc3c(c2)-c2nc-3nc3[n-]c(nc4nc(nc5[n-]c(n2)c2cc(S(=O)(=O)Nc6ccc(C)cc6)ccc52)-c2ccccc2-4)c2ccccc32)cc1.[Cu+2]. The number of benzene rings is 6. The first-order valence-corrected chi connectivity index (χ1v) is 23.3. The monoisotopic (exact) mass is 943 g/mol. The average molecular weight is 945 g/mol. The number of sulfonamides is 2. The van der Waals surface area contributed by atoms with E-state index in [-0.39, 0.29) is 49.8 Å². The zero-order valence-electron chi connectivity index (χ0n) is 35.0. The molecule has 14 nitrogen and oxygen atoms in total. The average Bonchev–Trinajstić information content (AvgIpc) is 4.04. The molecule has 2 aliphatic rings. The molecule has 325 valence electrons. The maximum atomic E-state index is 13.9. The van der Waals surface area contributed by atoms with Gasteiger partial charge in [0, 0.05) is 56.2 Å². The van der Waals surface area contributed by atoms with Crippen LogP contribution in [0.15, 0.2) is 143 Å². The summed E-state index contributed by atoms with van der Waals surface area (Å²) in [7, 11) is -8.18. The molecule has 0 spiro atoms. The molecule has 3 aromatic heterocycles. The number of fused-ring (bicyclic) bond motifs is 20. The number of aromatic nitrogens is 8. The summed E-state index contributed by atoms with van der Waals surface area (Å²) < 4.78 is 60.7. The van der Waals surface area contributed by atoms with Crippen molar-refractivity contribution < 1.29 is 33.9 Å². The molecule has 0 atom stereocenters. The first-order valence-electron chi connectivity index (χ1n) is 20.3. The van der Waals surface area contributed by atoms with E-state index in [9.17, 15) is 16.8 Å². The van der Waals surface area contributed by atoms with Crippen molar-refractivity contribution in [3.63, 3.8) is 0 Å². The van der Waals surface area contributed by atoms with Crippen LogP contribution in [-0.2, 0) is 37.1 Å². The van der Waals surface area contributed by atoms with E-state index in [1.54, 1.807) is 36.4 Å². The zero-order valence-corrected chi connectivity index (χ0v) is 37.6. The Kier molecular flexibility index (Phi) is 11.0. The number of nitrogens with one attached hydrogen (secondary N) is 2. The fraction of sp³-hybridized carbons (Fsp3) is 0.0833. The zero-order chi connectivity index (χ0) is 44.3. The van der Waals surface area contributed by atoms with E-state index < -0.39 is 20.0 Å². The minimum absolute atomic E-state index is 0. The van der Waals surface area contributed by atoms with E-state index in [4.69, 9.17) is 39.9 Å². The van der Waals surface area contributed by atoms with Crippen molar-refractivity contribution in [2.24, 2.45) is 0 Å². The van der Waals surface area contributed by atoms with E-state index in [1.165, 1.54) is 24.3 Å². The predicted molar refractivity (Wildman–Crippen MR) is 249 cm³/mol. The fourth-order valence-electron chi connectivity index (χ4n) is 7.52. The molecule has 9 aromatic rings. The van der Waals surface area contributed by atoms with Crippen LogP contribution >= 0.6 is 0 Å². The third kappa shape index (κ3) is 7.88. The van der Waals surface area contributed by atoms with Gasteiger partial charge in [0.15, 0.2) is 0 Å². The summed E-state index contributed by atoms with van der Waals surface area (Å²) in [6.07, 6.45) is 0. The van der Waals surface area contributed by atoms with Gasteiger partial charge in [-0.2, -0.15) is 0 Å². The molecule has 1 radical (unpaired) electrons. The maximum Gasteiger partial charge on any atom is 2.00 e. The van der Waals surface area contributed by atoms with Gasteiger partial charge in [0.1, 0.15) is 0 Å². The van der Waals surface area contributed by atoms with Gasteiger partial charge in [0.2, 0.25) is 0 Å². The number of anilines is 2. The largest absolute Gasteiger partial charge is 2.00 e. The Morgan fingerprint density at radius 1 is 0.400 bits per heavy atom. The van der Waals surface area contributed by atoms with Crippen LogP contribution in [0.5, 0.6) is 0 Å². The van der Waals surface area contributed by atoms with Gasteiger partial charge in [-0.1, -0.05) is 110 Å². The Balaban J connectivity index is 0.00000175. The first kappa shape index (κ1) is 43.0. The van der Waals surface area contributed by atoms with Crippen LogP contribution in [0.4, 0.5) is 11.4 Å². The maximum absolute atomic E-state index is 13.9. The number of hydrogen-bond acceptors (Lipinski definition) is 10. The molecule has 8 bridgehead atoms. The number of hydrogen-bond donors (Lipinski definition) is 2. The van der Waals surface area contributed by atoms with Crippen LogP contribution in [-0.4, -0.2) is 46.7 Å². The number of aryl methyl sites for hydroxylation is 2. The Labute approximate surface area is 384 Å². The van der Waals surface area contributed by atoms with Gasteiger partial charge < -0.3 is 29.9 Å². The smallest absolute Gasteiger partial charge is 0.357 e. The van der Waals surface area contributed by atoms with Crippen molar-refractivity contribution in [1.29, 1.82) is 0 Å². The van der Waals surface area contributed by atoms with Crippen LogP contribution in [0.1, 0.15) is 25.0 Å². The Morgan fingerprint density at radius 3 is 1.25 bits per heavy atom. The molecule has 11 rings (SSSR count). The molecule has 65 heavy (non-hydrogen) atoms. The van der Waals surface area contributed by atoms with Crippen LogP contribution in [0.3, 0.4) is 0 Å². The Hall–Kier alpha value is -7.30. The predicted octanol–water partition coefficient (Wildman–Crippen LogP) is 9.37. The summed E-state index contributed by atoms with van der Waals surface area (Å²) in [5.41, 5.74) is 6.12. The van der Waals surface area contributed by atoms with Crippen LogP contribution in [0.25, 0.3) is 89.7 Å². The van der Waals surface area contributed by atoms with Crippen LogP contribution in [0.2, 0.25) is 0 Å². The third-order valence-corrected chi connectivity index (χ3v) is 13.4. The molecule has 0 aliphatic carbocycles. The second-order valence-corrected chi connectivity index (χ2v) is 18.3. The molecule has 2 aliphatic heterocycles. The molecule has 0 saturated heterocycles. The molecular weight excluding hydrogens is 908 g/mol. The van der Waals surface area contributed by atoms with Crippen LogP contribution in [0, 0.1) is 13.8 Å². The second kappa shape index (κ2) is 16.7. The van der Waals surface area contributed by atoms with Crippen molar-refractivity contribution in [3.8, 4) is 45.6 Å². The fourth-order valence-corrected chi connectivity index (χ4v) is 9.69. The van der Waals surface area contributed by atoms with Crippen molar-refractivity contribution in [2.75, 3.05) is 9.44 Å².